The number of aryl methyl sites for hydroxylation is 1. The summed E-state index contributed by atoms with van der Waals surface area (Å²) in [4.78, 5) is 20.7. The Bertz CT molecular complexity index is 1320. The Morgan fingerprint density at radius 3 is 2.27 bits per heavy atom. The number of benzene rings is 2. The van der Waals surface area contributed by atoms with Crippen molar-refractivity contribution in [2.45, 2.75) is 58.4 Å². The molecule has 3 heterocycles. The second-order valence-corrected chi connectivity index (χ2v) is 10.6. The van der Waals surface area contributed by atoms with Gasteiger partial charge in [-0.3, -0.25) is 9.59 Å². The summed E-state index contributed by atoms with van der Waals surface area (Å²) in [5, 5.41) is 25.3. The molecule has 0 aliphatic carbocycles. The second-order valence-electron chi connectivity index (χ2n) is 10.6. The largest absolute Gasteiger partial charge is 0.491 e. The molecule has 234 valence electrons. The van der Waals surface area contributed by atoms with Crippen molar-refractivity contribution in [1.29, 1.82) is 0 Å². The minimum absolute atomic E-state index is 0.0381. The molecule has 0 saturated heterocycles. The van der Waals surface area contributed by atoms with E-state index in [4.69, 9.17) is 9.45 Å². The van der Waals surface area contributed by atoms with Crippen molar-refractivity contribution in [2.75, 3.05) is 13.6 Å². The van der Waals surface area contributed by atoms with Crippen molar-refractivity contribution in [2.24, 2.45) is 5.73 Å². The van der Waals surface area contributed by atoms with Crippen LogP contribution in [0.25, 0.3) is 5.70 Å². The Labute approximate surface area is 261 Å². The lowest BCUT2D eigenvalue weighted by atomic mass is 9.63. The van der Waals surface area contributed by atoms with Gasteiger partial charge in [-0.25, -0.2) is 0 Å². The molecule has 0 spiro atoms. The molecule has 44 heavy (non-hydrogen) atoms. The molecule has 9 nitrogen and oxygen atoms in total. The highest BCUT2D eigenvalue weighted by molar-refractivity contribution is 6.68. The highest BCUT2D eigenvalue weighted by Crippen LogP contribution is 2.16. The summed E-state index contributed by atoms with van der Waals surface area (Å²) in [5.41, 5.74) is 11.9. The van der Waals surface area contributed by atoms with Crippen molar-refractivity contribution in [3.63, 3.8) is 0 Å². The van der Waals surface area contributed by atoms with E-state index in [1.165, 1.54) is 24.0 Å². The number of primary amides is 1. The van der Waals surface area contributed by atoms with Gasteiger partial charge in [-0.1, -0.05) is 60.9 Å². The third-order valence-corrected chi connectivity index (χ3v) is 7.15. The number of fused-ring (bicyclic) bond motifs is 2. The molecule has 5 rings (SSSR count). The predicted octanol–water partition coefficient (Wildman–Crippen LogP) is 3.17. The first-order chi connectivity index (χ1) is 21.2. The van der Waals surface area contributed by atoms with E-state index < -0.39 is 14.0 Å². The monoisotopic (exact) mass is 601 g/mol. The van der Waals surface area contributed by atoms with Crippen LogP contribution >= 0.6 is 0 Å². The van der Waals surface area contributed by atoms with Crippen LogP contribution in [-0.4, -0.2) is 50.0 Å². The maximum absolute atomic E-state index is 12.1. The molecule has 0 bridgehead atoms. The fourth-order valence-electron chi connectivity index (χ4n) is 4.70. The van der Waals surface area contributed by atoms with Crippen molar-refractivity contribution in [3.8, 4) is 0 Å². The van der Waals surface area contributed by atoms with Crippen molar-refractivity contribution < 1.29 is 28.7 Å². The fourth-order valence-corrected chi connectivity index (χ4v) is 4.70. The number of furan rings is 1. The molecule has 2 aromatic carbocycles. The van der Waals surface area contributed by atoms with Crippen molar-refractivity contribution in [1.82, 2.24) is 10.6 Å². The molecule has 0 atom stereocenters. The zero-order chi connectivity index (χ0) is 32.3. The zero-order valence-corrected chi connectivity index (χ0v) is 25.9. The average Bonchev–Trinajstić information content (AvgIpc) is 3.80. The number of allylic oxidation sites excluding steroid dienone is 1. The molecule has 0 unspecified atom stereocenters. The Balaban J connectivity index is 0.000000258. The summed E-state index contributed by atoms with van der Waals surface area (Å²) < 4.78 is 9.68. The van der Waals surface area contributed by atoms with Crippen LogP contribution in [0, 0.1) is 0 Å². The van der Waals surface area contributed by atoms with Gasteiger partial charge in [-0.05, 0) is 79.2 Å². The highest BCUT2D eigenvalue weighted by atomic mass is 16.5. The summed E-state index contributed by atoms with van der Waals surface area (Å²) in [7, 11) is 1.04. The lowest BCUT2D eigenvalue weighted by Crippen LogP contribution is -2.29. The van der Waals surface area contributed by atoms with E-state index in [9.17, 15) is 14.8 Å². The molecule has 0 fully saturated rings. The van der Waals surface area contributed by atoms with Crippen molar-refractivity contribution in [3.05, 3.63) is 102 Å². The molecular formula is C33H45B2N3O6. The number of amides is 2. The lowest BCUT2D eigenvalue weighted by molar-refractivity contribution is -0.106. The number of carbonyl (C=O) groups excluding carboxylic acids is 2. The molecule has 1 aromatic heterocycles. The molecule has 2 aliphatic rings. The number of hydrogen-bond donors (Lipinski definition) is 5. The van der Waals surface area contributed by atoms with Gasteiger partial charge in [0.1, 0.15) is 0 Å². The standard InChI is InChI=1S/C18H26BNO2.C10H12BNO2.C4H4O.CH3NO/c1-14(2)7-5-3-4-6-12-20-18(21)16-9-8-15-10-11-19(22)17(15)13-16;1-7(12-2)8-3-4-9-6-14-11(13)10(9)5-8;1-2-4-5-3-1;2-1-3/h8-9,13,22H,1,3-7,10-12H2,2H3,(H,20,21);3-5,12-13H,1,6H2,2H3;1-4H;1H,(H2,2,3). The number of rotatable bonds is 10. The smallest absolute Gasteiger partial charge is 0.473 e. The van der Waals surface area contributed by atoms with E-state index in [-0.39, 0.29) is 12.3 Å². The van der Waals surface area contributed by atoms with E-state index in [1.807, 2.05) is 55.6 Å². The van der Waals surface area contributed by atoms with Crippen LogP contribution in [-0.2, 0) is 22.5 Å². The van der Waals surface area contributed by atoms with Crippen LogP contribution in [0.2, 0.25) is 6.32 Å². The molecule has 3 aromatic rings. The van der Waals surface area contributed by atoms with Crippen LogP contribution in [0.3, 0.4) is 0 Å². The molecule has 0 radical (unpaired) electrons. The minimum atomic E-state index is -0.783. The number of unbranched alkanes of at least 4 members (excludes halogenated alkanes) is 3. The maximum Gasteiger partial charge on any atom is 0.491 e. The van der Waals surface area contributed by atoms with Crippen molar-refractivity contribution >= 4 is 43.0 Å². The molecule has 2 aliphatic heterocycles. The summed E-state index contributed by atoms with van der Waals surface area (Å²) >= 11 is 0. The second kappa shape index (κ2) is 20.0. The van der Waals surface area contributed by atoms with Gasteiger partial charge in [0.2, 0.25) is 6.41 Å². The first kappa shape index (κ1) is 36.1. The molecule has 2 amide bonds. The van der Waals surface area contributed by atoms with E-state index in [1.54, 1.807) is 12.5 Å². The van der Waals surface area contributed by atoms with Gasteiger partial charge in [0.25, 0.3) is 5.91 Å². The Kier molecular flexibility index (Phi) is 16.4. The summed E-state index contributed by atoms with van der Waals surface area (Å²) in [6.45, 7) is 10.6. The maximum atomic E-state index is 12.1. The number of carbonyl (C=O) groups is 2. The van der Waals surface area contributed by atoms with E-state index in [0.29, 0.717) is 18.7 Å². The number of hydrogen-bond acceptors (Lipinski definition) is 7. The average molecular weight is 601 g/mol. The van der Waals surface area contributed by atoms with Gasteiger partial charge < -0.3 is 35.5 Å². The summed E-state index contributed by atoms with van der Waals surface area (Å²) in [6.07, 6.45) is 10.8. The topological polar surface area (TPSA) is 147 Å². The highest BCUT2D eigenvalue weighted by Gasteiger charge is 2.27. The first-order valence-electron chi connectivity index (χ1n) is 14.9. The van der Waals surface area contributed by atoms with Crippen LogP contribution < -0.4 is 27.3 Å². The lowest BCUT2D eigenvalue weighted by Gasteiger charge is -2.08. The van der Waals surface area contributed by atoms with Gasteiger partial charge in [0.05, 0.1) is 19.1 Å². The van der Waals surface area contributed by atoms with Gasteiger partial charge in [0, 0.05) is 24.9 Å². The van der Waals surface area contributed by atoms with Gasteiger partial charge in [0.15, 0.2) is 0 Å². The summed E-state index contributed by atoms with van der Waals surface area (Å²) in [5.74, 6) is -0.0381. The molecular weight excluding hydrogens is 556 g/mol. The Hall–Kier alpha value is -4.05. The summed E-state index contributed by atoms with van der Waals surface area (Å²) in [6, 6.07) is 15.2. The Morgan fingerprint density at radius 2 is 1.64 bits per heavy atom. The SMILES string of the molecule is C=C(C)CCCCCCNC(=O)c1ccc2c(c1)B(O)CC2.C=C(NC)c1ccc2c(c1)B(O)OC2.NC=O.c1ccoc1. The first-order valence-corrected chi connectivity index (χ1v) is 14.9. The molecule has 6 N–H and O–H groups in total. The van der Waals surface area contributed by atoms with Crippen LogP contribution in [0.4, 0.5) is 0 Å². The van der Waals surface area contributed by atoms with E-state index >= 15 is 0 Å². The third kappa shape index (κ3) is 12.3. The van der Waals surface area contributed by atoms with Crippen LogP contribution in [0.5, 0.6) is 0 Å². The van der Waals surface area contributed by atoms with Gasteiger partial charge in [-0.2, -0.15) is 0 Å². The molecule has 0 saturated carbocycles. The minimum Gasteiger partial charge on any atom is -0.473 e. The van der Waals surface area contributed by atoms with E-state index in [2.05, 4.69) is 40.9 Å². The fraction of sp³-hybridized carbons (Fsp3) is 0.333. The normalized spacial score (nSPS) is 12.2. The van der Waals surface area contributed by atoms with Crippen LogP contribution in [0.1, 0.15) is 66.1 Å². The number of nitrogens with two attached hydrogens (primary N) is 1. The van der Waals surface area contributed by atoms with Gasteiger partial charge >= 0.3 is 14.0 Å². The third-order valence-electron chi connectivity index (χ3n) is 7.15. The predicted molar refractivity (Wildman–Crippen MR) is 179 cm³/mol. The van der Waals surface area contributed by atoms with E-state index in [0.717, 1.165) is 59.8 Å². The molecule has 11 heteroatoms. The van der Waals surface area contributed by atoms with Crippen LogP contribution in [0.15, 0.2) is 84.2 Å². The Morgan fingerprint density at radius 1 is 1.00 bits per heavy atom. The quantitative estimate of drug-likeness (QED) is 0.104. The van der Waals surface area contributed by atoms with Gasteiger partial charge in [-0.15, -0.1) is 6.58 Å². The zero-order valence-electron chi connectivity index (χ0n) is 25.9. The number of nitrogens with one attached hydrogen (secondary N) is 2.